The number of benzene rings is 1. The Balaban J connectivity index is 2.38. The van der Waals surface area contributed by atoms with Gasteiger partial charge in [0.2, 0.25) is 0 Å². The van der Waals surface area contributed by atoms with Gasteiger partial charge >= 0.3 is 0 Å². The van der Waals surface area contributed by atoms with Crippen molar-refractivity contribution in [3.05, 3.63) is 22.7 Å². The fraction of sp³-hybridized carbons (Fsp3) is 0.400. The van der Waals surface area contributed by atoms with E-state index in [-0.39, 0.29) is 0 Å². The molecule has 0 saturated heterocycles. The van der Waals surface area contributed by atoms with E-state index in [9.17, 15) is 0 Å². The van der Waals surface area contributed by atoms with Crippen LogP contribution in [0.15, 0.2) is 27.6 Å². The highest BCUT2D eigenvalue weighted by atomic mass is 79.9. The van der Waals surface area contributed by atoms with E-state index in [0.29, 0.717) is 4.75 Å². The second-order valence-corrected chi connectivity index (χ2v) is 6.52. The normalized spacial score (nSPS) is 19.0. The van der Waals surface area contributed by atoms with Crippen LogP contribution in [0, 0.1) is 0 Å². The van der Waals surface area contributed by atoms with Crippen LogP contribution in [0.5, 0.6) is 0 Å². The zero-order chi connectivity index (χ0) is 9.47. The van der Waals surface area contributed by atoms with Crippen molar-refractivity contribution in [3.8, 4) is 0 Å². The van der Waals surface area contributed by atoms with Crippen molar-refractivity contribution >= 4 is 33.4 Å². The molecule has 0 spiro atoms. The molecule has 0 atom stereocenters. The van der Waals surface area contributed by atoms with Crippen LogP contribution in [-0.4, -0.2) is 11.3 Å². The standard InChI is InChI=1S/C10H12BrNS/c1-10(2)6-12-8-4-3-7(11)5-9(8)13-10/h3-5,12H,6H2,1-2H3. The molecule has 0 radical (unpaired) electrons. The second-order valence-electron chi connectivity index (χ2n) is 3.86. The lowest BCUT2D eigenvalue weighted by Gasteiger charge is -2.31. The lowest BCUT2D eigenvalue weighted by Crippen LogP contribution is -2.29. The minimum absolute atomic E-state index is 0.299. The summed E-state index contributed by atoms with van der Waals surface area (Å²) in [6.45, 7) is 5.55. The lowest BCUT2D eigenvalue weighted by atomic mass is 10.2. The number of thioether (sulfide) groups is 1. The minimum atomic E-state index is 0.299. The van der Waals surface area contributed by atoms with Crippen molar-refractivity contribution in [2.75, 3.05) is 11.9 Å². The smallest absolute Gasteiger partial charge is 0.0479 e. The van der Waals surface area contributed by atoms with Gasteiger partial charge in [0.1, 0.15) is 0 Å². The van der Waals surface area contributed by atoms with Crippen LogP contribution in [0.4, 0.5) is 5.69 Å². The third kappa shape index (κ3) is 2.02. The van der Waals surface area contributed by atoms with Crippen LogP contribution in [0.25, 0.3) is 0 Å². The molecule has 0 bridgehead atoms. The molecule has 0 fully saturated rings. The molecule has 3 heteroatoms. The Morgan fingerprint density at radius 1 is 1.46 bits per heavy atom. The summed E-state index contributed by atoms with van der Waals surface area (Å²) < 4.78 is 1.45. The molecule has 1 N–H and O–H groups in total. The van der Waals surface area contributed by atoms with E-state index in [1.807, 2.05) is 11.8 Å². The number of fused-ring (bicyclic) bond motifs is 1. The number of hydrogen-bond donors (Lipinski definition) is 1. The highest BCUT2D eigenvalue weighted by Crippen LogP contribution is 2.42. The number of halogens is 1. The third-order valence-corrected chi connectivity index (χ3v) is 3.78. The molecule has 1 aliphatic rings. The van der Waals surface area contributed by atoms with E-state index in [2.05, 4.69) is 53.3 Å². The SMILES string of the molecule is CC1(C)CNc2ccc(Br)cc2S1. The van der Waals surface area contributed by atoms with Crippen molar-refractivity contribution in [2.24, 2.45) is 0 Å². The Kier molecular flexibility index (Phi) is 2.32. The van der Waals surface area contributed by atoms with Gasteiger partial charge in [0, 0.05) is 26.3 Å². The maximum absolute atomic E-state index is 3.49. The second kappa shape index (κ2) is 3.21. The van der Waals surface area contributed by atoms with E-state index >= 15 is 0 Å². The first-order chi connectivity index (χ1) is 6.07. The van der Waals surface area contributed by atoms with Crippen LogP contribution < -0.4 is 5.32 Å². The molecule has 0 aliphatic carbocycles. The fourth-order valence-electron chi connectivity index (χ4n) is 1.37. The van der Waals surface area contributed by atoms with Crippen molar-refractivity contribution in [1.29, 1.82) is 0 Å². The van der Waals surface area contributed by atoms with E-state index < -0.39 is 0 Å². The summed E-state index contributed by atoms with van der Waals surface area (Å²) in [6, 6.07) is 6.38. The van der Waals surface area contributed by atoms with Gasteiger partial charge in [-0.3, -0.25) is 0 Å². The van der Waals surface area contributed by atoms with Crippen LogP contribution in [0.3, 0.4) is 0 Å². The Morgan fingerprint density at radius 2 is 2.23 bits per heavy atom. The van der Waals surface area contributed by atoms with Crippen LogP contribution in [-0.2, 0) is 0 Å². The molecule has 0 unspecified atom stereocenters. The molecule has 1 aromatic carbocycles. The van der Waals surface area contributed by atoms with Gasteiger partial charge in [-0.05, 0) is 32.0 Å². The molecule has 70 valence electrons. The molecular weight excluding hydrogens is 246 g/mol. The molecule has 1 aromatic rings. The Morgan fingerprint density at radius 3 is 3.00 bits per heavy atom. The van der Waals surface area contributed by atoms with Crippen molar-refractivity contribution in [3.63, 3.8) is 0 Å². The molecule has 13 heavy (non-hydrogen) atoms. The first-order valence-corrected chi connectivity index (χ1v) is 5.90. The summed E-state index contributed by atoms with van der Waals surface area (Å²) in [7, 11) is 0. The van der Waals surface area contributed by atoms with Crippen molar-refractivity contribution in [1.82, 2.24) is 0 Å². The van der Waals surface area contributed by atoms with Gasteiger partial charge in [-0.2, -0.15) is 0 Å². The van der Waals surface area contributed by atoms with Gasteiger partial charge in [0.15, 0.2) is 0 Å². The lowest BCUT2D eigenvalue weighted by molar-refractivity contribution is 0.739. The third-order valence-electron chi connectivity index (χ3n) is 2.03. The summed E-state index contributed by atoms with van der Waals surface area (Å²) in [5.41, 5.74) is 1.26. The monoisotopic (exact) mass is 257 g/mol. The molecular formula is C10H12BrNS. The zero-order valence-electron chi connectivity index (χ0n) is 7.73. The first kappa shape index (κ1) is 9.41. The van der Waals surface area contributed by atoms with Crippen LogP contribution in [0.1, 0.15) is 13.8 Å². The molecule has 2 rings (SSSR count). The topological polar surface area (TPSA) is 12.0 Å². The number of anilines is 1. The summed E-state index contributed by atoms with van der Waals surface area (Å²) in [6.07, 6.45) is 0. The maximum Gasteiger partial charge on any atom is 0.0479 e. The van der Waals surface area contributed by atoms with E-state index in [4.69, 9.17) is 0 Å². The fourth-order valence-corrected chi connectivity index (χ4v) is 3.06. The zero-order valence-corrected chi connectivity index (χ0v) is 10.1. The van der Waals surface area contributed by atoms with E-state index in [0.717, 1.165) is 11.0 Å². The largest absolute Gasteiger partial charge is 0.383 e. The van der Waals surface area contributed by atoms with E-state index in [1.54, 1.807) is 0 Å². The number of rotatable bonds is 0. The van der Waals surface area contributed by atoms with Gasteiger partial charge in [-0.1, -0.05) is 15.9 Å². The number of nitrogens with one attached hydrogen (secondary N) is 1. The highest BCUT2D eigenvalue weighted by molar-refractivity contribution is 9.10. The van der Waals surface area contributed by atoms with Crippen molar-refractivity contribution < 1.29 is 0 Å². The van der Waals surface area contributed by atoms with Gasteiger partial charge in [-0.25, -0.2) is 0 Å². The van der Waals surface area contributed by atoms with Crippen molar-refractivity contribution in [2.45, 2.75) is 23.5 Å². The molecule has 0 amide bonds. The first-order valence-electron chi connectivity index (χ1n) is 4.29. The van der Waals surface area contributed by atoms with Gasteiger partial charge in [0.05, 0.1) is 0 Å². The summed E-state index contributed by atoms with van der Waals surface area (Å²) in [4.78, 5) is 1.34. The predicted octanol–water partition coefficient (Wildman–Crippen LogP) is 3.75. The van der Waals surface area contributed by atoms with Gasteiger partial charge in [-0.15, -0.1) is 11.8 Å². The average Bonchev–Trinajstić information content (AvgIpc) is 2.01. The summed E-state index contributed by atoms with van der Waals surface area (Å²) in [5.74, 6) is 0. The van der Waals surface area contributed by atoms with Gasteiger partial charge in [0.25, 0.3) is 0 Å². The van der Waals surface area contributed by atoms with Crippen LogP contribution in [0.2, 0.25) is 0 Å². The predicted molar refractivity (Wildman–Crippen MR) is 62.6 cm³/mol. The molecule has 0 saturated carbocycles. The molecule has 1 nitrogen and oxygen atoms in total. The quantitative estimate of drug-likeness (QED) is 0.760. The Bertz CT molecular complexity index is 336. The Hall–Kier alpha value is -0.150. The summed E-state index contributed by atoms with van der Waals surface area (Å²) >= 11 is 5.42. The molecule has 1 heterocycles. The summed E-state index contributed by atoms with van der Waals surface area (Å²) in [5, 5.41) is 3.44. The highest BCUT2D eigenvalue weighted by Gasteiger charge is 2.25. The van der Waals surface area contributed by atoms with Crippen LogP contribution >= 0.6 is 27.7 Å². The van der Waals surface area contributed by atoms with Gasteiger partial charge < -0.3 is 5.32 Å². The maximum atomic E-state index is 3.49. The molecule has 0 aromatic heterocycles. The molecule has 1 aliphatic heterocycles. The van der Waals surface area contributed by atoms with E-state index in [1.165, 1.54) is 10.6 Å². The average molecular weight is 258 g/mol. The minimum Gasteiger partial charge on any atom is -0.383 e. The Labute approximate surface area is 91.4 Å². The number of hydrogen-bond acceptors (Lipinski definition) is 2.